The van der Waals surface area contributed by atoms with Crippen molar-refractivity contribution in [2.45, 2.75) is 38.3 Å². The number of fused-ring (bicyclic) bond motifs is 1. The van der Waals surface area contributed by atoms with Crippen LogP contribution in [0, 0.1) is 22.9 Å². The molecule has 2 saturated heterocycles. The molecule has 0 spiro atoms. The fraction of sp³-hybridized carbons (Fsp3) is 0.500. The van der Waals surface area contributed by atoms with Crippen LogP contribution in [0.25, 0.3) is 10.9 Å². The van der Waals surface area contributed by atoms with Crippen LogP contribution < -0.4 is 15.0 Å². The van der Waals surface area contributed by atoms with Gasteiger partial charge in [0.2, 0.25) is 11.7 Å². The molecule has 13 heteroatoms. The summed E-state index contributed by atoms with van der Waals surface area (Å²) in [5, 5.41) is 22.1. The molecule has 0 saturated carbocycles. The van der Waals surface area contributed by atoms with Crippen LogP contribution in [-0.4, -0.2) is 90.7 Å². The third-order valence-electron chi connectivity index (χ3n) is 8.95. The summed E-state index contributed by atoms with van der Waals surface area (Å²) in [7, 11) is 1.58. The number of methoxy groups -OCH3 is 1. The molecular weight excluding hydrogens is 593 g/mol. The number of ether oxygens (including phenoxy) is 3. The number of morpholine rings is 1. The fourth-order valence-electron chi connectivity index (χ4n) is 6.27. The van der Waals surface area contributed by atoms with Gasteiger partial charge in [0.05, 0.1) is 37.4 Å². The number of amides is 1. The summed E-state index contributed by atoms with van der Waals surface area (Å²) in [5.41, 5.74) is 3.23. The van der Waals surface area contributed by atoms with Crippen molar-refractivity contribution in [3.05, 3.63) is 65.1 Å². The number of benzene rings is 2. The number of piperidine rings is 1. The van der Waals surface area contributed by atoms with Crippen LogP contribution in [0.1, 0.15) is 42.9 Å². The lowest BCUT2D eigenvalue weighted by Crippen LogP contribution is -2.49. The quantitative estimate of drug-likeness (QED) is 0.155. The number of pyridine rings is 1. The van der Waals surface area contributed by atoms with Crippen molar-refractivity contribution in [3.63, 3.8) is 0 Å². The van der Waals surface area contributed by atoms with Gasteiger partial charge >= 0.3 is 0 Å². The summed E-state index contributed by atoms with van der Waals surface area (Å²) < 4.78 is 57.1. The van der Waals surface area contributed by atoms with E-state index >= 15 is 0 Å². The van der Waals surface area contributed by atoms with Crippen molar-refractivity contribution in [1.29, 1.82) is 0 Å². The van der Waals surface area contributed by atoms with Crippen LogP contribution in [0.2, 0.25) is 0 Å². The third kappa shape index (κ3) is 7.67. The smallest absolute Gasteiger partial charge is 0.249 e. The maximum Gasteiger partial charge on any atom is 0.249 e. The summed E-state index contributed by atoms with van der Waals surface area (Å²) in [6.45, 7) is 4.64. The Morgan fingerprint density at radius 2 is 1.87 bits per heavy atom. The lowest BCUT2D eigenvalue weighted by atomic mass is 9.73. The van der Waals surface area contributed by atoms with Crippen molar-refractivity contribution in [1.82, 2.24) is 20.3 Å². The lowest BCUT2D eigenvalue weighted by Gasteiger charge is -2.40. The molecule has 2 aliphatic rings. The van der Waals surface area contributed by atoms with E-state index in [0.29, 0.717) is 70.5 Å². The predicted octanol–water partition coefficient (Wildman–Crippen LogP) is 3.97. The molecule has 0 aliphatic carbocycles. The molecule has 10 nitrogen and oxygen atoms in total. The number of hydrogen-bond acceptors (Lipinski definition) is 9. The van der Waals surface area contributed by atoms with E-state index in [1.54, 1.807) is 13.3 Å². The number of nitrogens with one attached hydrogen (secondary N) is 1. The number of nitrogens with zero attached hydrogens (tertiary/aromatic N) is 3. The van der Waals surface area contributed by atoms with Crippen LogP contribution in [0.15, 0.2) is 36.5 Å². The summed E-state index contributed by atoms with van der Waals surface area (Å²) in [6, 6.07) is 6.78. The Morgan fingerprint density at radius 3 is 2.58 bits per heavy atom. The molecule has 45 heavy (non-hydrogen) atoms. The highest BCUT2D eigenvalue weighted by Gasteiger charge is 2.41. The highest BCUT2D eigenvalue weighted by atomic mass is 19.2. The van der Waals surface area contributed by atoms with Crippen molar-refractivity contribution < 1.29 is 42.5 Å². The van der Waals surface area contributed by atoms with Gasteiger partial charge in [0.15, 0.2) is 11.6 Å². The number of rotatable bonds is 12. The monoisotopic (exact) mass is 632 g/mol. The van der Waals surface area contributed by atoms with Gasteiger partial charge in [0, 0.05) is 49.9 Å². The number of likely N-dealkylation sites (tertiary alicyclic amines) is 1. The zero-order valence-corrected chi connectivity index (χ0v) is 25.2. The minimum absolute atomic E-state index is 0.0117. The molecule has 5 rings (SSSR count). The van der Waals surface area contributed by atoms with Crippen molar-refractivity contribution >= 4 is 16.8 Å². The summed E-state index contributed by atoms with van der Waals surface area (Å²) >= 11 is 0. The molecular formula is C32H39F3N4O6. The van der Waals surface area contributed by atoms with E-state index in [1.807, 2.05) is 28.6 Å². The Labute approximate surface area is 259 Å². The van der Waals surface area contributed by atoms with Crippen molar-refractivity contribution in [2.24, 2.45) is 5.41 Å². The molecule has 3 N–H and O–H groups in total. The molecule has 0 bridgehead atoms. The Morgan fingerprint density at radius 1 is 1.11 bits per heavy atom. The highest BCUT2D eigenvalue weighted by Crippen LogP contribution is 2.40. The first-order valence-electron chi connectivity index (χ1n) is 15.1. The second-order valence-corrected chi connectivity index (χ2v) is 11.6. The number of aliphatic hydroxyl groups is 1. The standard InChI is InChI=1S/C32H39F3N4O6/c1-43-23-2-3-26-24(18-23)29(21(19-36-26)20-39-10-13-44-14-11-39)27(40)4-5-32(31(41)37-42)6-8-38(9-7-32)12-15-45-28-17-22(33)16-25(34)30(28)35/h2-3,16-19,27,40,42H,4-15,20H2,1H3,(H,37,41). The van der Waals surface area contributed by atoms with Crippen LogP contribution in [-0.2, 0) is 16.1 Å². The van der Waals surface area contributed by atoms with Crippen LogP contribution in [0.5, 0.6) is 11.5 Å². The van der Waals surface area contributed by atoms with Gasteiger partial charge in [-0.1, -0.05) is 0 Å². The number of aliphatic hydroxyl groups excluding tert-OH is 1. The Kier molecular flexibility index (Phi) is 10.8. The fourth-order valence-corrected chi connectivity index (χ4v) is 6.27. The number of halogens is 3. The van der Waals surface area contributed by atoms with Gasteiger partial charge in [-0.2, -0.15) is 4.39 Å². The van der Waals surface area contributed by atoms with E-state index in [4.69, 9.17) is 14.2 Å². The minimum Gasteiger partial charge on any atom is -0.497 e. The maximum atomic E-state index is 13.9. The molecule has 1 aromatic heterocycles. The number of hydrogen-bond donors (Lipinski definition) is 3. The van der Waals surface area contributed by atoms with E-state index in [2.05, 4.69) is 9.88 Å². The molecule has 1 amide bonds. The van der Waals surface area contributed by atoms with Crippen LogP contribution in [0.3, 0.4) is 0 Å². The second kappa shape index (κ2) is 14.7. The van der Waals surface area contributed by atoms with Crippen LogP contribution >= 0.6 is 0 Å². The lowest BCUT2D eigenvalue weighted by molar-refractivity contribution is -0.144. The average molecular weight is 633 g/mol. The largest absolute Gasteiger partial charge is 0.497 e. The van der Waals surface area contributed by atoms with Gasteiger partial charge < -0.3 is 19.3 Å². The minimum atomic E-state index is -1.32. The first-order chi connectivity index (χ1) is 21.7. The van der Waals surface area contributed by atoms with E-state index in [1.165, 1.54) is 0 Å². The van der Waals surface area contributed by atoms with Gasteiger partial charge in [-0.25, -0.2) is 14.3 Å². The number of carbonyl (C=O) groups is 1. The Hall–Kier alpha value is -3.49. The second-order valence-electron chi connectivity index (χ2n) is 11.6. The van der Waals surface area contributed by atoms with E-state index in [0.717, 1.165) is 41.2 Å². The molecule has 0 radical (unpaired) electrons. The molecule has 3 aromatic rings. The first-order valence-corrected chi connectivity index (χ1v) is 15.1. The Bertz CT molecular complexity index is 1480. The Balaban J connectivity index is 1.27. The number of hydroxylamine groups is 1. The third-order valence-corrected chi connectivity index (χ3v) is 8.95. The summed E-state index contributed by atoms with van der Waals surface area (Å²) in [6.07, 6.45) is 2.22. The topological polar surface area (TPSA) is 117 Å². The highest BCUT2D eigenvalue weighted by molar-refractivity contribution is 5.85. The molecule has 3 heterocycles. The zero-order valence-electron chi connectivity index (χ0n) is 25.2. The number of aromatic nitrogens is 1. The van der Waals surface area contributed by atoms with Crippen molar-refractivity contribution in [2.75, 3.05) is 59.7 Å². The zero-order chi connectivity index (χ0) is 32.0. The van der Waals surface area contributed by atoms with Gasteiger partial charge in [-0.05, 0) is 68.1 Å². The average Bonchev–Trinajstić information content (AvgIpc) is 3.06. The number of carbonyl (C=O) groups excluding carboxylic acids is 1. The molecule has 1 unspecified atom stereocenters. The SMILES string of the molecule is COc1ccc2ncc(CN3CCOCC3)c(C(O)CCC3(C(=O)NO)CCN(CCOc4cc(F)cc(F)c4F)CC3)c2c1. The summed E-state index contributed by atoms with van der Waals surface area (Å²) in [5.74, 6) is -3.88. The maximum absolute atomic E-state index is 13.9. The summed E-state index contributed by atoms with van der Waals surface area (Å²) in [4.78, 5) is 21.9. The van der Waals surface area contributed by atoms with Crippen LogP contribution in [0.4, 0.5) is 13.2 Å². The van der Waals surface area contributed by atoms with E-state index in [-0.39, 0.29) is 13.0 Å². The van der Waals surface area contributed by atoms with Gasteiger partial charge in [0.1, 0.15) is 18.2 Å². The molecule has 2 aliphatic heterocycles. The van der Waals surface area contributed by atoms with Crippen molar-refractivity contribution in [3.8, 4) is 11.5 Å². The van der Waals surface area contributed by atoms with Gasteiger partial charge in [0.25, 0.3) is 0 Å². The van der Waals surface area contributed by atoms with E-state index < -0.39 is 40.6 Å². The molecule has 2 aromatic carbocycles. The normalized spacial score (nSPS) is 18.1. The molecule has 1 atom stereocenters. The van der Waals surface area contributed by atoms with E-state index in [9.17, 15) is 28.3 Å². The first kappa shape index (κ1) is 32.9. The van der Waals surface area contributed by atoms with Gasteiger partial charge in [-0.15, -0.1) is 0 Å². The molecule has 244 valence electrons. The molecule has 2 fully saturated rings. The van der Waals surface area contributed by atoms with Gasteiger partial charge in [-0.3, -0.25) is 24.8 Å². The predicted molar refractivity (Wildman–Crippen MR) is 158 cm³/mol.